The van der Waals surface area contributed by atoms with Gasteiger partial charge in [0.2, 0.25) is 10.9 Å². The maximum atomic E-state index is 12.0. The average Bonchev–Trinajstić information content (AvgIpc) is 3.07. The molecule has 0 saturated carbocycles. The number of ether oxygens (including phenoxy) is 1. The largest absolute Gasteiger partial charge is 0.463 e. The molecular weight excluding hydrogens is 316 g/mol. The molecule has 0 atom stereocenters. The van der Waals surface area contributed by atoms with Crippen molar-refractivity contribution in [2.24, 2.45) is 0 Å². The van der Waals surface area contributed by atoms with Gasteiger partial charge in [0.15, 0.2) is 0 Å². The van der Waals surface area contributed by atoms with Gasteiger partial charge in [-0.1, -0.05) is 0 Å². The van der Waals surface area contributed by atoms with Gasteiger partial charge in [-0.05, 0) is 19.1 Å². The number of sulfonamides is 1. The molecule has 0 bridgehead atoms. The number of nitrogens with zero attached hydrogens (tertiary/aromatic N) is 1. The van der Waals surface area contributed by atoms with E-state index in [1.54, 1.807) is 0 Å². The van der Waals surface area contributed by atoms with Crippen molar-refractivity contribution in [3.63, 3.8) is 0 Å². The van der Waals surface area contributed by atoms with Gasteiger partial charge in [0.05, 0.1) is 12.1 Å². The molecule has 2 aromatic rings. The Morgan fingerprint density at radius 2 is 2.24 bits per heavy atom. The number of nitrogens with one attached hydrogen (secondary N) is 1. The summed E-state index contributed by atoms with van der Waals surface area (Å²) in [5.41, 5.74) is 0.909. The predicted molar refractivity (Wildman–Crippen MR) is 75.8 cm³/mol. The third-order valence-corrected chi connectivity index (χ3v) is 4.89. The number of methoxy groups -OCH3 is 1. The van der Waals surface area contributed by atoms with Gasteiger partial charge in [-0.3, -0.25) is 0 Å². The molecule has 21 heavy (non-hydrogen) atoms. The van der Waals surface area contributed by atoms with E-state index in [9.17, 15) is 13.2 Å². The molecule has 0 aliphatic rings. The quantitative estimate of drug-likeness (QED) is 0.803. The normalized spacial score (nSPS) is 11.5. The monoisotopic (exact) mass is 330 g/mol. The number of esters is 1. The molecule has 0 spiro atoms. The van der Waals surface area contributed by atoms with Gasteiger partial charge in [0, 0.05) is 24.0 Å². The lowest BCUT2D eigenvalue weighted by molar-refractivity contribution is 0.0559. The highest BCUT2D eigenvalue weighted by Crippen LogP contribution is 2.15. The van der Waals surface area contributed by atoms with Gasteiger partial charge in [-0.15, -0.1) is 11.3 Å². The Kier molecular flexibility index (Phi) is 4.76. The second kappa shape index (κ2) is 6.37. The van der Waals surface area contributed by atoms with Crippen molar-refractivity contribution in [2.75, 3.05) is 13.7 Å². The topological polar surface area (TPSA) is 98.5 Å². The molecule has 0 unspecified atom stereocenters. The van der Waals surface area contributed by atoms with E-state index < -0.39 is 16.0 Å². The summed E-state index contributed by atoms with van der Waals surface area (Å²) in [6.45, 7) is 2.07. The summed E-state index contributed by atoms with van der Waals surface area (Å²) >= 11 is 1.48. The highest BCUT2D eigenvalue weighted by Gasteiger charge is 2.21. The molecule has 0 fully saturated rings. The first-order valence-corrected chi connectivity index (χ1v) is 8.37. The maximum Gasteiger partial charge on any atom is 0.374 e. The molecule has 2 rings (SSSR count). The Morgan fingerprint density at radius 1 is 1.48 bits per heavy atom. The molecule has 114 valence electrons. The van der Waals surface area contributed by atoms with Crippen molar-refractivity contribution in [2.45, 2.75) is 18.4 Å². The fourth-order valence-corrected chi connectivity index (χ4v) is 3.29. The number of aromatic nitrogens is 1. The third-order valence-electron chi connectivity index (χ3n) is 2.53. The van der Waals surface area contributed by atoms with Crippen LogP contribution >= 0.6 is 11.3 Å². The second-order valence-electron chi connectivity index (χ2n) is 4.14. The van der Waals surface area contributed by atoms with Crippen LogP contribution in [0.1, 0.15) is 21.3 Å². The molecule has 0 aliphatic heterocycles. The van der Waals surface area contributed by atoms with Gasteiger partial charge in [0.25, 0.3) is 10.0 Å². The lowest BCUT2D eigenvalue weighted by atomic mass is 10.4. The SMILES string of the molecule is COC(=O)c1ccc(S(=O)(=O)NCCc2nc(C)cs2)o1. The number of aryl methyl sites for hydroxylation is 1. The van der Waals surface area contributed by atoms with Gasteiger partial charge in [-0.25, -0.2) is 22.9 Å². The molecule has 2 heterocycles. The summed E-state index contributed by atoms with van der Waals surface area (Å²) in [5, 5.41) is 2.43. The minimum absolute atomic E-state index is 0.159. The molecule has 0 aliphatic carbocycles. The van der Waals surface area contributed by atoms with Gasteiger partial charge < -0.3 is 9.15 Å². The Morgan fingerprint density at radius 3 is 2.86 bits per heavy atom. The Balaban J connectivity index is 1.98. The highest BCUT2D eigenvalue weighted by atomic mass is 32.2. The Bertz CT molecular complexity index is 732. The zero-order valence-corrected chi connectivity index (χ0v) is 13.1. The van der Waals surface area contributed by atoms with Crippen molar-refractivity contribution in [1.82, 2.24) is 9.71 Å². The van der Waals surface area contributed by atoms with Crippen LogP contribution in [-0.4, -0.2) is 33.0 Å². The molecule has 9 heteroatoms. The zero-order valence-electron chi connectivity index (χ0n) is 11.5. The molecule has 1 N–H and O–H groups in total. The van der Waals surface area contributed by atoms with E-state index in [0.29, 0.717) is 6.42 Å². The summed E-state index contributed by atoms with van der Waals surface area (Å²) in [6, 6.07) is 2.46. The van der Waals surface area contributed by atoms with Crippen LogP contribution in [0.15, 0.2) is 27.0 Å². The predicted octanol–water partition coefficient (Wildman–Crippen LogP) is 1.35. The maximum absolute atomic E-state index is 12.0. The van der Waals surface area contributed by atoms with E-state index in [1.165, 1.54) is 30.6 Å². The minimum Gasteiger partial charge on any atom is -0.463 e. The smallest absolute Gasteiger partial charge is 0.374 e. The van der Waals surface area contributed by atoms with E-state index in [-0.39, 0.29) is 17.4 Å². The minimum atomic E-state index is -3.79. The summed E-state index contributed by atoms with van der Waals surface area (Å²) in [7, 11) is -2.60. The third kappa shape index (κ3) is 3.90. The number of rotatable bonds is 6. The van der Waals surface area contributed by atoms with E-state index in [2.05, 4.69) is 14.4 Å². The lowest BCUT2D eigenvalue weighted by Crippen LogP contribution is -2.25. The van der Waals surface area contributed by atoms with Gasteiger partial charge >= 0.3 is 5.97 Å². The van der Waals surface area contributed by atoms with Crippen LogP contribution < -0.4 is 4.72 Å². The second-order valence-corrected chi connectivity index (χ2v) is 6.78. The number of hydrogen-bond donors (Lipinski definition) is 1. The number of carbonyl (C=O) groups is 1. The van der Waals surface area contributed by atoms with Crippen molar-refractivity contribution in [3.8, 4) is 0 Å². The fraction of sp³-hybridized carbons (Fsp3) is 0.333. The van der Waals surface area contributed by atoms with E-state index in [1.807, 2.05) is 12.3 Å². The summed E-state index contributed by atoms with van der Waals surface area (Å²) in [5.74, 6) is -0.886. The number of furan rings is 1. The first-order chi connectivity index (χ1) is 9.92. The Hall–Kier alpha value is -1.71. The average molecular weight is 330 g/mol. The standard InChI is InChI=1S/C12H14N2O5S2/c1-8-7-20-10(14-8)5-6-13-21(16,17)11-4-3-9(19-11)12(15)18-2/h3-4,7,13H,5-6H2,1-2H3. The van der Waals surface area contributed by atoms with Crippen LogP contribution in [0, 0.1) is 6.92 Å². The summed E-state index contributed by atoms with van der Waals surface area (Å²) < 4.78 is 35.8. The van der Waals surface area contributed by atoms with Crippen molar-refractivity contribution in [3.05, 3.63) is 34.0 Å². The molecule has 7 nitrogen and oxygen atoms in total. The van der Waals surface area contributed by atoms with Crippen LogP contribution in [0.3, 0.4) is 0 Å². The highest BCUT2D eigenvalue weighted by molar-refractivity contribution is 7.89. The first kappa shape index (κ1) is 15.7. The van der Waals surface area contributed by atoms with Crippen LogP contribution in [0.25, 0.3) is 0 Å². The number of hydrogen-bond acceptors (Lipinski definition) is 7. The molecule has 0 amide bonds. The number of carbonyl (C=O) groups excluding carboxylic acids is 1. The van der Waals surface area contributed by atoms with E-state index in [0.717, 1.165) is 10.7 Å². The zero-order chi connectivity index (χ0) is 15.5. The first-order valence-electron chi connectivity index (χ1n) is 6.01. The lowest BCUT2D eigenvalue weighted by Gasteiger charge is -2.02. The fourth-order valence-electron chi connectivity index (χ4n) is 1.56. The van der Waals surface area contributed by atoms with E-state index in [4.69, 9.17) is 4.42 Å². The number of thiazole rings is 1. The van der Waals surface area contributed by atoms with Crippen LogP contribution in [0.2, 0.25) is 0 Å². The van der Waals surface area contributed by atoms with E-state index >= 15 is 0 Å². The summed E-state index contributed by atoms with van der Waals surface area (Å²) in [6.07, 6.45) is 0.488. The van der Waals surface area contributed by atoms with Crippen LogP contribution in [-0.2, 0) is 21.2 Å². The van der Waals surface area contributed by atoms with Gasteiger partial charge in [-0.2, -0.15) is 0 Å². The van der Waals surface area contributed by atoms with Gasteiger partial charge in [0.1, 0.15) is 0 Å². The molecular formula is C12H14N2O5S2. The molecule has 2 aromatic heterocycles. The molecule has 0 aromatic carbocycles. The van der Waals surface area contributed by atoms with Crippen molar-refractivity contribution >= 4 is 27.3 Å². The van der Waals surface area contributed by atoms with Crippen molar-refractivity contribution < 1.29 is 22.4 Å². The van der Waals surface area contributed by atoms with Crippen LogP contribution in [0.4, 0.5) is 0 Å². The Labute approximate surface area is 126 Å². The van der Waals surface area contributed by atoms with Crippen LogP contribution in [0.5, 0.6) is 0 Å². The molecule has 0 radical (unpaired) electrons. The molecule has 0 saturated heterocycles. The summed E-state index contributed by atoms with van der Waals surface area (Å²) in [4.78, 5) is 15.5. The van der Waals surface area contributed by atoms with Crippen molar-refractivity contribution in [1.29, 1.82) is 0 Å².